The fourth-order valence-corrected chi connectivity index (χ4v) is 2.87. The summed E-state index contributed by atoms with van der Waals surface area (Å²) in [5, 5.41) is 6.73. The van der Waals surface area contributed by atoms with E-state index < -0.39 is 0 Å². The third-order valence-corrected chi connectivity index (χ3v) is 4.15. The van der Waals surface area contributed by atoms with Gasteiger partial charge in [-0.1, -0.05) is 30.3 Å². The maximum absolute atomic E-state index is 5.42. The van der Waals surface area contributed by atoms with Gasteiger partial charge in [0.15, 0.2) is 11.5 Å². The van der Waals surface area contributed by atoms with E-state index in [4.69, 9.17) is 9.47 Å². The SMILES string of the molecule is Cc1nc(Nc2ccc3c(c2)OCO3)cc(NC(C)c2ccccc2)n1. The summed E-state index contributed by atoms with van der Waals surface area (Å²) in [7, 11) is 0. The predicted molar refractivity (Wildman–Crippen MR) is 101 cm³/mol. The van der Waals surface area contributed by atoms with E-state index in [1.54, 1.807) is 0 Å². The first kappa shape index (κ1) is 16.2. The minimum Gasteiger partial charge on any atom is -0.454 e. The molecule has 2 N–H and O–H groups in total. The van der Waals surface area contributed by atoms with E-state index in [0.717, 1.165) is 28.8 Å². The number of anilines is 3. The van der Waals surface area contributed by atoms with Crippen LogP contribution in [-0.2, 0) is 0 Å². The normalized spacial score (nSPS) is 13.3. The fraction of sp³-hybridized carbons (Fsp3) is 0.200. The van der Waals surface area contributed by atoms with Crippen molar-refractivity contribution >= 4 is 17.3 Å². The first-order valence-electron chi connectivity index (χ1n) is 8.51. The molecule has 1 aromatic heterocycles. The Hall–Kier alpha value is -3.28. The first-order chi connectivity index (χ1) is 12.7. The largest absolute Gasteiger partial charge is 0.454 e. The molecule has 1 unspecified atom stereocenters. The molecule has 1 atom stereocenters. The smallest absolute Gasteiger partial charge is 0.231 e. The van der Waals surface area contributed by atoms with Crippen LogP contribution >= 0.6 is 0 Å². The average Bonchev–Trinajstić information content (AvgIpc) is 3.09. The van der Waals surface area contributed by atoms with E-state index in [1.165, 1.54) is 5.56 Å². The molecule has 3 aromatic rings. The topological polar surface area (TPSA) is 68.3 Å². The number of rotatable bonds is 5. The zero-order valence-electron chi connectivity index (χ0n) is 14.7. The Morgan fingerprint density at radius 3 is 2.54 bits per heavy atom. The van der Waals surface area contributed by atoms with Crippen LogP contribution in [0.5, 0.6) is 11.5 Å². The molecule has 26 heavy (non-hydrogen) atoms. The van der Waals surface area contributed by atoms with Gasteiger partial charge in [-0.25, -0.2) is 9.97 Å². The zero-order chi connectivity index (χ0) is 17.9. The molecule has 1 aliphatic rings. The summed E-state index contributed by atoms with van der Waals surface area (Å²) >= 11 is 0. The molecule has 0 fully saturated rings. The second-order valence-corrected chi connectivity index (χ2v) is 6.16. The minimum atomic E-state index is 0.142. The molecule has 132 valence electrons. The van der Waals surface area contributed by atoms with Crippen LogP contribution in [0.25, 0.3) is 0 Å². The summed E-state index contributed by atoms with van der Waals surface area (Å²) in [5.74, 6) is 3.68. The van der Waals surface area contributed by atoms with Crippen LogP contribution in [0, 0.1) is 6.92 Å². The van der Waals surface area contributed by atoms with Crippen LogP contribution in [0.4, 0.5) is 17.3 Å². The number of nitrogens with one attached hydrogen (secondary N) is 2. The second-order valence-electron chi connectivity index (χ2n) is 6.16. The second kappa shape index (κ2) is 6.92. The van der Waals surface area contributed by atoms with Crippen LogP contribution in [-0.4, -0.2) is 16.8 Å². The van der Waals surface area contributed by atoms with Gasteiger partial charge < -0.3 is 20.1 Å². The van der Waals surface area contributed by atoms with Gasteiger partial charge in [0.1, 0.15) is 17.5 Å². The van der Waals surface area contributed by atoms with Crippen LogP contribution in [0.1, 0.15) is 24.4 Å². The predicted octanol–water partition coefficient (Wildman–Crippen LogP) is 4.43. The summed E-state index contributed by atoms with van der Waals surface area (Å²) in [6.45, 7) is 4.25. The number of fused-ring (bicyclic) bond motifs is 1. The van der Waals surface area contributed by atoms with Crippen molar-refractivity contribution in [3.8, 4) is 11.5 Å². The van der Waals surface area contributed by atoms with Crippen LogP contribution in [0.2, 0.25) is 0 Å². The lowest BCUT2D eigenvalue weighted by molar-refractivity contribution is 0.174. The lowest BCUT2D eigenvalue weighted by Crippen LogP contribution is -2.09. The molecule has 1 aliphatic heterocycles. The highest BCUT2D eigenvalue weighted by molar-refractivity contribution is 5.63. The number of ether oxygens (including phenoxy) is 2. The van der Waals surface area contributed by atoms with Gasteiger partial charge in [-0.05, 0) is 31.5 Å². The maximum Gasteiger partial charge on any atom is 0.231 e. The Labute approximate surface area is 152 Å². The molecule has 0 saturated carbocycles. The van der Waals surface area contributed by atoms with Gasteiger partial charge in [0.25, 0.3) is 0 Å². The monoisotopic (exact) mass is 348 g/mol. The van der Waals surface area contributed by atoms with E-state index in [1.807, 2.05) is 49.4 Å². The van der Waals surface area contributed by atoms with Crippen molar-refractivity contribution < 1.29 is 9.47 Å². The van der Waals surface area contributed by atoms with Gasteiger partial charge in [0.05, 0.1) is 0 Å². The standard InChI is InChI=1S/C20H20N4O2/c1-13(15-6-4-3-5-7-15)21-19-11-20(23-14(2)22-19)24-16-8-9-17-18(10-16)26-12-25-17/h3-11,13H,12H2,1-2H3,(H2,21,22,23,24). The molecule has 0 saturated heterocycles. The van der Waals surface area contributed by atoms with Gasteiger partial charge in [-0.2, -0.15) is 0 Å². The molecule has 0 spiro atoms. The molecule has 0 aliphatic carbocycles. The van der Waals surface area contributed by atoms with Gasteiger partial charge >= 0.3 is 0 Å². The van der Waals surface area contributed by atoms with Crippen LogP contribution in [0.3, 0.4) is 0 Å². The van der Waals surface area contributed by atoms with Crippen molar-refractivity contribution in [3.05, 3.63) is 66.0 Å². The summed E-state index contributed by atoms with van der Waals surface area (Å²) < 4.78 is 10.8. The average molecular weight is 348 g/mol. The third-order valence-electron chi connectivity index (χ3n) is 4.15. The van der Waals surface area contributed by atoms with E-state index in [0.29, 0.717) is 5.82 Å². The number of aryl methyl sites for hydroxylation is 1. The maximum atomic E-state index is 5.42. The van der Waals surface area contributed by atoms with Crippen LogP contribution < -0.4 is 20.1 Å². The highest BCUT2D eigenvalue weighted by atomic mass is 16.7. The summed E-state index contributed by atoms with van der Waals surface area (Å²) in [6, 6.07) is 18.0. The lowest BCUT2D eigenvalue weighted by Gasteiger charge is -2.16. The zero-order valence-corrected chi connectivity index (χ0v) is 14.7. The number of benzene rings is 2. The van der Waals surface area contributed by atoms with Crippen molar-refractivity contribution in [2.75, 3.05) is 17.4 Å². The molecule has 0 bridgehead atoms. The highest BCUT2D eigenvalue weighted by Gasteiger charge is 2.14. The Bertz CT molecular complexity index is 915. The van der Waals surface area contributed by atoms with Gasteiger partial charge in [0.2, 0.25) is 6.79 Å². The first-order valence-corrected chi connectivity index (χ1v) is 8.51. The Morgan fingerprint density at radius 2 is 1.69 bits per heavy atom. The molecular formula is C20H20N4O2. The summed E-state index contributed by atoms with van der Waals surface area (Å²) in [5.41, 5.74) is 2.09. The Kier molecular flexibility index (Phi) is 4.31. The number of hydrogen-bond acceptors (Lipinski definition) is 6. The fourth-order valence-electron chi connectivity index (χ4n) is 2.87. The molecule has 6 nitrogen and oxygen atoms in total. The van der Waals surface area contributed by atoms with Gasteiger partial charge in [0, 0.05) is 23.9 Å². The molecular weight excluding hydrogens is 328 g/mol. The summed E-state index contributed by atoms with van der Waals surface area (Å²) in [4.78, 5) is 8.96. The molecule has 2 heterocycles. The number of hydrogen-bond donors (Lipinski definition) is 2. The van der Waals surface area contributed by atoms with Crippen LogP contribution in [0.15, 0.2) is 54.6 Å². The number of aromatic nitrogens is 2. The van der Waals surface area contributed by atoms with Gasteiger partial charge in [-0.3, -0.25) is 0 Å². The third kappa shape index (κ3) is 3.54. The molecule has 4 rings (SSSR count). The van der Waals surface area contributed by atoms with E-state index in [-0.39, 0.29) is 12.8 Å². The highest BCUT2D eigenvalue weighted by Crippen LogP contribution is 2.35. The van der Waals surface area contributed by atoms with Gasteiger partial charge in [-0.15, -0.1) is 0 Å². The van der Waals surface area contributed by atoms with Crippen molar-refractivity contribution in [1.82, 2.24) is 9.97 Å². The molecule has 0 amide bonds. The molecule has 2 aromatic carbocycles. The molecule has 6 heteroatoms. The van der Waals surface area contributed by atoms with E-state index in [9.17, 15) is 0 Å². The van der Waals surface area contributed by atoms with Crippen molar-refractivity contribution in [2.24, 2.45) is 0 Å². The molecule has 0 radical (unpaired) electrons. The summed E-state index contributed by atoms with van der Waals surface area (Å²) in [6.07, 6.45) is 0. The van der Waals surface area contributed by atoms with E-state index in [2.05, 4.69) is 39.7 Å². The van der Waals surface area contributed by atoms with Crippen molar-refractivity contribution in [3.63, 3.8) is 0 Å². The Morgan fingerprint density at radius 1 is 0.923 bits per heavy atom. The van der Waals surface area contributed by atoms with Crippen molar-refractivity contribution in [1.29, 1.82) is 0 Å². The van der Waals surface area contributed by atoms with E-state index >= 15 is 0 Å². The minimum absolute atomic E-state index is 0.142. The quantitative estimate of drug-likeness (QED) is 0.711. The Balaban J connectivity index is 1.52. The lowest BCUT2D eigenvalue weighted by atomic mass is 10.1. The van der Waals surface area contributed by atoms with Crippen molar-refractivity contribution in [2.45, 2.75) is 19.9 Å². The number of nitrogens with zero attached hydrogens (tertiary/aromatic N) is 2.